The van der Waals surface area contributed by atoms with E-state index in [2.05, 4.69) is 30.1 Å². The van der Waals surface area contributed by atoms with Gasteiger partial charge < -0.3 is 19.9 Å². The van der Waals surface area contributed by atoms with Crippen LogP contribution >= 0.6 is 11.6 Å². The predicted molar refractivity (Wildman–Crippen MR) is 165 cm³/mol. The van der Waals surface area contributed by atoms with E-state index in [4.69, 9.17) is 16.3 Å². The molecule has 2 aliphatic heterocycles. The van der Waals surface area contributed by atoms with Crippen molar-refractivity contribution in [2.45, 2.75) is 12.6 Å². The molecule has 1 fully saturated rings. The molecule has 44 heavy (non-hydrogen) atoms. The molecule has 2 aliphatic rings. The Kier molecular flexibility index (Phi) is 9.33. The van der Waals surface area contributed by atoms with Crippen molar-refractivity contribution in [2.75, 3.05) is 58.7 Å². The van der Waals surface area contributed by atoms with Crippen LogP contribution in [0.3, 0.4) is 0 Å². The number of pyridine rings is 1. The lowest BCUT2D eigenvalue weighted by molar-refractivity contribution is -0.120. The zero-order chi connectivity index (χ0) is 31.4. The molecule has 10 nitrogen and oxygen atoms in total. The zero-order valence-electron chi connectivity index (χ0n) is 24.6. The molecule has 1 aromatic heterocycles. The number of piperazine rings is 1. The van der Waals surface area contributed by atoms with Crippen molar-refractivity contribution < 1.29 is 23.1 Å². The number of ether oxygens (including phenoxy) is 1. The van der Waals surface area contributed by atoms with Crippen molar-refractivity contribution in [1.29, 1.82) is 0 Å². The van der Waals surface area contributed by atoms with Crippen LogP contribution in [0.2, 0.25) is 5.02 Å². The van der Waals surface area contributed by atoms with E-state index < -0.39 is 23.2 Å². The van der Waals surface area contributed by atoms with Crippen molar-refractivity contribution in [1.82, 2.24) is 19.7 Å². The second-order valence-electron chi connectivity index (χ2n) is 10.9. The maximum Gasteiger partial charge on any atom is 0.274 e. The number of amides is 2. The molecular formula is C31H32ClF2N7O3. The van der Waals surface area contributed by atoms with Crippen LogP contribution in [-0.2, 0) is 4.79 Å². The molecule has 230 valence electrons. The summed E-state index contributed by atoms with van der Waals surface area (Å²) < 4.78 is 35.2. The summed E-state index contributed by atoms with van der Waals surface area (Å²) >= 11 is 6.47. The molecule has 1 N–H and O–H groups in total. The molecular weight excluding hydrogens is 592 g/mol. The van der Waals surface area contributed by atoms with Gasteiger partial charge in [0.25, 0.3) is 11.8 Å². The Balaban J connectivity index is 1.23. The zero-order valence-corrected chi connectivity index (χ0v) is 25.3. The van der Waals surface area contributed by atoms with Crippen molar-refractivity contribution in [3.8, 4) is 11.6 Å². The number of nitrogens with one attached hydrogen (secondary N) is 1. The van der Waals surface area contributed by atoms with Gasteiger partial charge in [0.05, 0.1) is 22.5 Å². The number of rotatable bonds is 9. The van der Waals surface area contributed by atoms with Gasteiger partial charge in [0.1, 0.15) is 0 Å². The lowest BCUT2D eigenvalue weighted by Crippen LogP contribution is -2.50. The Morgan fingerprint density at radius 2 is 1.84 bits per heavy atom. The number of benzene rings is 2. The van der Waals surface area contributed by atoms with E-state index in [1.807, 2.05) is 14.1 Å². The van der Waals surface area contributed by atoms with Crippen molar-refractivity contribution in [2.24, 2.45) is 9.98 Å². The van der Waals surface area contributed by atoms with E-state index in [1.165, 1.54) is 43.6 Å². The summed E-state index contributed by atoms with van der Waals surface area (Å²) in [6.07, 6.45) is 2.68. The molecule has 1 atom stereocenters. The predicted octanol–water partition coefficient (Wildman–Crippen LogP) is 4.35. The number of hydrogen-bond acceptors (Lipinski definition) is 8. The smallest absolute Gasteiger partial charge is 0.274 e. The highest BCUT2D eigenvalue weighted by molar-refractivity contribution is 6.40. The van der Waals surface area contributed by atoms with Crippen LogP contribution in [-0.4, -0.2) is 102 Å². The third kappa shape index (κ3) is 6.93. The molecule has 0 radical (unpaired) electrons. The van der Waals surface area contributed by atoms with Crippen LogP contribution in [0.1, 0.15) is 22.8 Å². The Labute approximate surface area is 259 Å². The maximum atomic E-state index is 15.0. The molecule has 0 saturated carbocycles. The number of halogens is 3. The first-order chi connectivity index (χ1) is 21.0. The van der Waals surface area contributed by atoms with Gasteiger partial charge in [-0.05, 0) is 57.4 Å². The van der Waals surface area contributed by atoms with E-state index >= 15 is 4.39 Å². The number of likely N-dealkylation sites (N-methyl/N-ethyl adjacent to an activating group) is 1. The van der Waals surface area contributed by atoms with Gasteiger partial charge in [0.15, 0.2) is 11.6 Å². The molecule has 1 unspecified atom stereocenters. The summed E-state index contributed by atoms with van der Waals surface area (Å²) in [5.74, 6) is -3.46. The number of nitrogens with zero attached hydrogens (tertiary/aromatic N) is 6. The molecule has 2 aromatic carbocycles. The van der Waals surface area contributed by atoms with Crippen molar-refractivity contribution in [3.05, 3.63) is 82.5 Å². The highest BCUT2D eigenvalue weighted by Gasteiger charge is 2.37. The summed E-state index contributed by atoms with van der Waals surface area (Å²) in [4.78, 5) is 44.9. The quantitative estimate of drug-likeness (QED) is 0.380. The molecule has 5 rings (SSSR count). The number of hydrogen-bond donors (Lipinski definition) is 1. The van der Waals surface area contributed by atoms with Crippen LogP contribution in [0, 0.1) is 11.6 Å². The Bertz CT molecular complexity index is 1610. The third-order valence-corrected chi connectivity index (χ3v) is 7.67. The van der Waals surface area contributed by atoms with Crippen LogP contribution < -0.4 is 10.1 Å². The van der Waals surface area contributed by atoms with Crippen molar-refractivity contribution >= 4 is 41.0 Å². The molecule has 2 amide bonds. The van der Waals surface area contributed by atoms with Crippen molar-refractivity contribution in [3.63, 3.8) is 0 Å². The molecule has 3 heterocycles. The van der Waals surface area contributed by atoms with E-state index in [9.17, 15) is 14.0 Å². The van der Waals surface area contributed by atoms with Crippen LogP contribution in [0.15, 0.2) is 64.7 Å². The van der Waals surface area contributed by atoms with Gasteiger partial charge in [0.2, 0.25) is 17.4 Å². The Hall–Kier alpha value is -4.26. The van der Waals surface area contributed by atoms with E-state index in [0.29, 0.717) is 24.3 Å². The first kappa shape index (κ1) is 31.2. The molecule has 0 bridgehead atoms. The fraction of sp³-hybridized carbons (Fsp3) is 0.323. The lowest BCUT2D eigenvalue weighted by atomic mass is 10.1. The summed E-state index contributed by atoms with van der Waals surface area (Å²) in [6.45, 7) is 6.10. The monoisotopic (exact) mass is 623 g/mol. The van der Waals surface area contributed by atoms with Crippen LogP contribution in [0.5, 0.6) is 11.6 Å². The first-order valence-corrected chi connectivity index (χ1v) is 14.4. The second kappa shape index (κ2) is 13.2. The third-order valence-electron chi connectivity index (χ3n) is 7.36. The summed E-state index contributed by atoms with van der Waals surface area (Å²) in [5, 5.41) is 2.89. The number of carbonyl (C=O) groups is 2. The number of anilines is 1. The maximum absolute atomic E-state index is 15.0. The lowest BCUT2D eigenvalue weighted by Gasteiger charge is -2.35. The second-order valence-corrected chi connectivity index (χ2v) is 11.3. The standard InChI is InChI=1S/C31H32ClF2N7O3/c1-31(36-19-24(38-31)22-9-10-25(28(34)27(22)33)44-26-6-4-5-11-35-26)30(43)37-20-7-8-21(23(32)18-20)29(42)41-16-14-40(15-17-41)13-12-39(2)3/h4-11,18-19H,12-17H2,1-3H3,(H,37,43). The summed E-state index contributed by atoms with van der Waals surface area (Å²) in [7, 11) is 4.06. The number of aromatic nitrogens is 1. The van der Waals surface area contributed by atoms with E-state index in [-0.39, 0.29) is 33.8 Å². The van der Waals surface area contributed by atoms with Gasteiger partial charge in [-0.25, -0.2) is 14.4 Å². The molecule has 3 aromatic rings. The van der Waals surface area contributed by atoms with Gasteiger partial charge in [-0.15, -0.1) is 0 Å². The van der Waals surface area contributed by atoms with Gasteiger partial charge in [-0.2, -0.15) is 4.39 Å². The fourth-order valence-corrected chi connectivity index (χ4v) is 5.01. The minimum atomic E-state index is -1.64. The molecule has 13 heteroatoms. The van der Waals surface area contributed by atoms with Gasteiger partial charge in [-0.3, -0.25) is 19.5 Å². The molecule has 1 saturated heterocycles. The minimum absolute atomic E-state index is 0.00998. The van der Waals surface area contributed by atoms with Gasteiger partial charge >= 0.3 is 0 Å². The first-order valence-electron chi connectivity index (χ1n) is 14.0. The van der Waals surface area contributed by atoms with E-state index in [1.54, 1.807) is 29.2 Å². The Morgan fingerprint density at radius 3 is 2.52 bits per heavy atom. The van der Waals surface area contributed by atoms with Gasteiger partial charge in [0, 0.05) is 62.8 Å². The SMILES string of the molecule is CN(C)CCN1CCN(C(=O)c2ccc(NC(=O)C3(C)N=CC(c4ccc(Oc5ccccn5)c(F)c4F)=N3)cc2Cl)CC1. The number of aliphatic imine (C=N–C) groups is 2. The van der Waals surface area contributed by atoms with Gasteiger partial charge in [-0.1, -0.05) is 17.7 Å². The summed E-state index contributed by atoms with van der Waals surface area (Å²) in [6, 6.07) is 12.0. The highest BCUT2D eigenvalue weighted by Crippen LogP contribution is 2.30. The minimum Gasteiger partial charge on any atom is -0.436 e. The van der Waals surface area contributed by atoms with Crippen LogP contribution in [0.25, 0.3) is 0 Å². The molecule has 0 aliphatic carbocycles. The topological polar surface area (TPSA) is 103 Å². The largest absolute Gasteiger partial charge is 0.436 e. The number of carbonyl (C=O) groups excluding carboxylic acids is 2. The Morgan fingerprint density at radius 1 is 1.07 bits per heavy atom. The average molecular weight is 624 g/mol. The average Bonchev–Trinajstić information content (AvgIpc) is 3.42. The fourth-order valence-electron chi connectivity index (χ4n) is 4.75. The van der Waals surface area contributed by atoms with E-state index in [0.717, 1.165) is 26.2 Å². The van der Waals surface area contributed by atoms with Crippen LogP contribution in [0.4, 0.5) is 14.5 Å². The normalized spacial score (nSPS) is 18.4. The highest BCUT2D eigenvalue weighted by atomic mass is 35.5. The summed E-state index contributed by atoms with van der Waals surface area (Å²) in [5.41, 5.74) is -1.16. The molecule has 0 spiro atoms.